The Bertz CT molecular complexity index is 414. The van der Waals surface area contributed by atoms with E-state index in [1.165, 1.54) is 0 Å². The molecule has 112 valence electrons. The first-order valence-electron chi connectivity index (χ1n) is 7.41. The summed E-state index contributed by atoms with van der Waals surface area (Å²) < 4.78 is 5.18. The van der Waals surface area contributed by atoms with Crippen LogP contribution in [0.1, 0.15) is 46.1 Å². The van der Waals surface area contributed by atoms with Crippen molar-refractivity contribution in [2.75, 3.05) is 6.61 Å². The predicted octanol–water partition coefficient (Wildman–Crippen LogP) is 3.51. The Kier molecular flexibility index (Phi) is 6.21. The van der Waals surface area contributed by atoms with E-state index in [4.69, 9.17) is 4.74 Å². The fourth-order valence-electron chi connectivity index (χ4n) is 2.84. The average molecular weight is 278 g/mol. The number of rotatable bonds is 7. The van der Waals surface area contributed by atoms with Crippen LogP contribution >= 0.6 is 0 Å². The van der Waals surface area contributed by atoms with Crippen LogP contribution in [0.2, 0.25) is 0 Å². The van der Waals surface area contributed by atoms with Gasteiger partial charge in [-0.3, -0.25) is 4.79 Å². The van der Waals surface area contributed by atoms with E-state index in [1.54, 1.807) is 6.92 Å². The topological polar surface area (TPSA) is 46.5 Å². The van der Waals surface area contributed by atoms with Crippen molar-refractivity contribution in [3.05, 3.63) is 35.9 Å². The molecule has 0 aliphatic heterocycles. The Balaban J connectivity index is 3.23. The molecule has 1 aromatic carbocycles. The second kappa shape index (κ2) is 7.44. The molecule has 3 heteroatoms. The number of hydrogen-bond donors (Lipinski definition) is 1. The highest BCUT2D eigenvalue weighted by Crippen LogP contribution is 2.39. The van der Waals surface area contributed by atoms with Crippen LogP contribution < -0.4 is 0 Å². The molecule has 20 heavy (non-hydrogen) atoms. The Morgan fingerprint density at radius 3 is 2.30 bits per heavy atom. The van der Waals surface area contributed by atoms with E-state index in [1.807, 2.05) is 51.1 Å². The van der Waals surface area contributed by atoms with Gasteiger partial charge in [-0.2, -0.15) is 0 Å². The summed E-state index contributed by atoms with van der Waals surface area (Å²) in [5, 5.41) is 11.2. The predicted molar refractivity (Wildman–Crippen MR) is 80.2 cm³/mol. The Hall–Kier alpha value is -1.35. The van der Waals surface area contributed by atoms with Gasteiger partial charge >= 0.3 is 5.97 Å². The summed E-state index contributed by atoms with van der Waals surface area (Å²) in [7, 11) is 0. The van der Waals surface area contributed by atoms with Gasteiger partial charge < -0.3 is 9.84 Å². The molecular weight excluding hydrogens is 252 g/mol. The van der Waals surface area contributed by atoms with Crippen LogP contribution in [0, 0.1) is 11.8 Å². The third-order valence-corrected chi connectivity index (χ3v) is 3.63. The van der Waals surface area contributed by atoms with Crippen molar-refractivity contribution in [2.24, 2.45) is 11.8 Å². The fraction of sp³-hybridized carbons (Fsp3) is 0.588. The maximum atomic E-state index is 12.3. The number of aliphatic hydroxyl groups is 1. The van der Waals surface area contributed by atoms with Gasteiger partial charge in [0.05, 0.1) is 12.5 Å². The van der Waals surface area contributed by atoms with Gasteiger partial charge in [0.2, 0.25) is 0 Å². The molecule has 0 saturated heterocycles. The summed E-state index contributed by atoms with van der Waals surface area (Å²) >= 11 is 0. The molecule has 2 unspecified atom stereocenters. The maximum absolute atomic E-state index is 12.3. The lowest BCUT2D eigenvalue weighted by Crippen LogP contribution is -2.43. The normalized spacial score (nSPS) is 15.7. The molecule has 3 nitrogen and oxygen atoms in total. The minimum absolute atomic E-state index is 0.00538. The summed E-state index contributed by atoms with van der Waals surface area (Å²) in [6, 6.07) is 9.44. The number of carbonyl (C=O) groups excluding carboxylic acids is 1. The molecule has 0 aromatic heterocycles. The maximum Gasteiger partial charge on any atom is 0.312 e. The van der Waals surface area contributed by atoms with Crippen LogP contribution in [-0.4, -0.2) is 17.7 Å². The second-order valence-corrected chi connectivity index (χ2v) is 5.51. The van der Waals surface area contributed by atoms with Crippen molar-refractivity contribution < 1.29 is 14.6 Å². The molecular formula is C17H26O3. The molecule has 0 spiro atoms. The van der Waals surface area contributed by atoms with E-state index in [-0.39, 0.29) is 11.9 Å². The van der Waals surface area contributed by atoms with Crippen LogP contribution in [0.5, 0.6) is 0 Å². The summed E-state index contributed by atoms with van der Waals surface area (Å²) in [5.41, 5.74) is -0.384. The minimum atomic E-state index is -1.17. The van der Waals surface area contributed by atoms with Crippen molar-refractivity contribution >= 4 is 5.97 Å². The number of ether oxygens (including phenoxy) is 1. The second-order valence-electron chi connectivity index (χ2n) is 5.51. The van der Waals surface area contributed by atoms with Crippen molar-refractivity contribution in [1.29, 1.82) is 0 Å². The zero-order valence-electron chi connectivity index (χ0n) is 12.9. The molecule has 1 rings (SSSR count). The highest BCUT2D eigenvalue weighted by atomic mass is 16.5. The zero-order chi connectivity index (χ0) is 15.2. The summed E-state index contributed by atoms with van der Waals surface area (Å²) in [5.74, 6) is -0.863. The molecule has 0 bridgehead atoms. The van der Waals surface area contributed by atoms with Gasteiger partial charge in [0, 0.05) is 0 Å². The summed E-state index contributed by atoms with van der Waals surface area (Å²) in [4.78, 5) is 12.3. The van der Waals surface area contributed by atoms with Crippen LogP contribution in [0.15, 0.2) is 30.3 Å². The van der Waals surface area contributed by atoms with E-state index in [0.717, 1.165) is 12.0 Å². The van der Waals surface area contributed by atoms with Crippen LogP contribution in [-0.2, 0) is 15.1 Å². The molecule has 0 fully saturated rings. The molecule has 0 heterocycles. The summed E-state index contributed by atoms with van der Waals surface area (Å²) in [6.07, 6.45) is 1.34. The standard InChI is InChI=1S/C17H26O3/c1-5-12-17(19,14-10-8-7-9-11-14)15(13(3)4)16(18)20-6-2/h7-11,13,15,19H,5-6,12H2,1-4H3. The number of benzene rings is 1. The van der Waals surface area contributed by atoms with Crippen LogP contribution in [0.3, 0.4) is 0 Å². The van der Waals surface area contributed by atoms with Gasteiger partial charge in [0.15, 0.2) is 0 Å². The van der Waals surface area contributed by atoms with Gasteiger partial charge in [-0.1, -0.05) is 57.5 Å². The lowest BCUT2D eigenvalue weighted by Gasteiger charge is -2.37. The number of carbonyl (C=O) groups is 1. The van der Waals surface area contributed by atoms with E-state index < -0.39 is 11.5 Å². The van der Waals surface area contributed by atoms with Gasteiger partial charge in [-0.05, 0) is 24.8 Å². The molecule has 0 amide bonds. The molecule has 0 aliphatic carbocycles. The third kappa shape index (κ3) is 3.60. The zero-order valence-corrected chi connectivity index (χ0v) is 12.9. The largest absolute Gasteiger partial charge is 0.466 e. The molecule has 1 aromatic rings. The number of esters is 1. The van der Waals surface area contributed by atoms with Crippen molar-refractivity contribution in [3.8, 4) is 0 Å². The van der Waals surface area contributed by atoms with Crippen molar-refractivity contribution in [3.63, 3.8) is 0 Å². The Morgan fingerprint density at radius 1 is 1.25 bits per heavy atom. The monoisotopic (exact) mass is 278 g/mol. The molecule has 1 N–H and O–H groups in total. The van der Waals surface area contributed by atoms with Gasteiger partial charge in [0.1, 0.15) is 5.60 Å². The quantitative estimate of drug-likeness (QED) is 0.776. The lowest BCUT2D eigenvalue weighted by molar-refractivity contribution is -0.164. The first-order chi connectivity index (χ1) is 9.47. The Labute approximate surface area is 122 Å². The van der Waals surface area contributed by atoms with E-state index in [9.17, 15) is 9.90 Å². The van der Waals surface area contributed by atoms with Gasteiger partial charge in [-0.25, -0.2) is 0 Å². The number of hydrogen-bond acceptors (Lipinski definition) is 3. The van der Waals surface area contributed by atoms with Crippen molar-refractivity contribution in [1.82, 2.24) is 0 Å². The van der Waals surface area contributed by atoms with Gasteiger partial charge in [0.25, 0.3) is 0 Å². The SMILES string of the molecule is CCCC(O)(c1ccccc1)C(C(=O)OCC)C(C)C. The van der Waals surface area contributed by atoms with E-state index in [2.05, 4.69) is 0 Å². The molecule has 0 saturated carbocycles. The summed E-state index contributed by atoms with van der Waals surface area (Å²) in [6.45, 7) is 8.03. The fourth-order valence-corrected chi connectivity index (χ4v) is 2.84. The molecule has 2 atom stereocenters. The van der Waals surface area contributed by atoms with Crippen LogP contribution in [0.4, 0.5) is 0 Å². The highest BCUT2D eigenvalue weighted by molar-refractivity contribution is 5.74. The molecule has 0 aliphatic rings. The van der Waals surface area contributed by atoms with Crippen LogP contribution in [0.25, 0.3) is 0 Å². The first-order valence-corrected chi connectivity index (χ1v) is 7.41. The van der Waals surface area contributed by atoms with Crippen molar-refractivity contribution in [2.45, 2.75) is 46.1 Å². The Morgan fingerprint density at radius 2 is 1.85 bits per heavy atom. The van der Waals surface area contributed by atoms with E-state index >= 15 is 0 Å². The smallest absolute Gasteiger partial charge is 0.312 e. The average Bonchev–Trinajstić information content (AvgIpc) is 2.40. The third-order valence-electron chi connectivity index (χ3n) is 3.63. The lowest BCUT2D eigenvalue weighted by atomic mass is 9.73. The van der Waals surface area contributed by atoms with Gasteiger partial charge in [-0.15, -0.1) is 0 Å². The first kappa shape index (κ1) is 16.7. The van der Waals surface area contributed by atoms with E-state index in [0.29, 0.717) is 13.0 Å². The highest BCUT2D eigenvalue weighted by Gasteiger charge is 2.44. The minimum Gasteiger partial charge on any atom is -0.466 e. The molecule has 0 radical (unpaired) electrons.